The van der Waals surface area contributed by atoms with Gasteiger partial charge >= 0.3 is 11.9 Å². The number of carbonyl (C=O) groups is 2. The third-order valence-corrected chi connectivity index (χ3v) is 3.98. The van der Waals surface area contributed by atoms with Gasteiger partial charge in [-0.2, -0.15) is 9.97 Å². The summed E-state index contributed by atoms with van der Waals surface area (Å²) < 4.78 is 18.1. The van der Waals surface area contributed by atoms with E-state index in [1.54, 1.807) is 46.1 Å². The van der Waals surface area contributed by atoms with E-state index in [2.05, 4.69) is 15.0 Å². The van der Waals surface area contributed by atoms with Gasteiger partial charge in [-0.1, -0.05) is 0 Å². The highest BCUT2D eigenvalue weighted by molar-refractivity contribution is 5.82. The number of aromatic nitrogens is 4. The molecule has 0 saturated carbocycles. The third kappa shape index (κ3) is 6.02. The van der Waals surface area contributed by atoms with Gasteiger partial charge in [0.15, 0.2) is 11.5 Å². The Kier molecular flexibility index (Phi) is 6.86. The van der Waals surface area contributed by atoms with E-state index in [1.807, 2.05) is 0 Å². The Labute approximate surface area is 175 Å². The second-order valence-electron chi connectivity index (χ2n) is 8.97. The number of nitrogens with two attached hydrogens (primary N) is 2. The molecule has 4 N–H and O–H groups in total. The van der Waals surface area contributed by atoms with Gasteiger partial charge in [0.1, 0.15) is 31.6 Å². The SMILES string of the molecule is CC(C)(C)C(=O)OCC(COC(=O)C(C)(C)C)OCn1cnc2c(N)nc(N)nc21. The Bertz CT molecular complexity index is 883. The van der Waals surface area contributed by atoms with E-state index in [-0.39, 0.29) is 43.6 Å². The number of fused-ring (bicyclic) bond motifs is 1. The molecular formula is C19H30N6O5. The van der Waals surface area contributed by atoms with Crippen molar-refractivity contribution in [3.63, 3.8) is 0 Å². The normalized spacial score (nSPS) is 12.4. The van der Waals surface area contributed by atoms with Crippen LogP contribution in [0.15, 0.2) is 6.33 Å². The first kappa shape index (κ1) is 23.3. The van der Waals surface area contributed by atoms with E-state index in [4.69, 9.17) is 25.7 Å². The lowest BCUT2D eigenvalue weighted by Gasteiger charge is -2.23. The molecular weight excluding hydrogens is 392 g/mol. The van der Waals surface area contributed by atoms with Gasteiger partial charge in [0, 0.05) is 0 Å². The molecule has 166 valence electrons. The van der Waals surface area contributed by atoms with Gasteiger partial charge in [-0.05, 0) is 41.5 Å². The smallest absolute Gasteiger partial charge is 0.311 e. The predicted molar refractivity (Wildman–Crippen MR) is 110 cm³/mol. The number of carbonyl (C=O) groups excluding carboxylic acids is 2. The Morgan fingerprint density at radius 1 is 1.00 bits per heavy atom. The zero-order valence-electron chi connectivity index (χ0n) is 18.3. The minimum absolute atomic E-state index is 0.00278. The van der Waals surface area contributed by atoms with E-state index >= 15 is 0 Å². The minimum atomic E-state index is -0.698. The molecule has 0 aliphatic heterocycles. The van der Waals surface area contributed by atoms with E-state index in [0.717, 1.165) is 0 Å². The van der Waals surface area contributed by atoms with E-state index < -0.39 is 16.9 Å². The van der Waals surface area contributed by atoms with E-state index in [9.17, 15) is 9.59 Å². The van der Waals surface area contributed by atoms with Crippen LogP contribution in [0.1, 0.15) is 41.5 Å². The molecule has 30 heavy (non-hydrogen) atoms. The molecule has 0 fully saturated rings. The van der Waals surface area contributed by atoms with Gasteiger partial charge < -0.3 is 25.7 Å². The maximum atomic E-state index is 12.1. The van der Waals surface area contributed by atoms with Crippen molar-refractivity contribution in [1.29, 1.82) is 0 Å². The third-order valence-electron chi connectivity index (χ3n) is 3.98. The minimum Gasteiger partial charge on any atom is -0.462 e. The molecule has 0 amide bonds. The first-order valence-corrected chi connectivity index (χ1v) is 9.49. The predicted octanol–water partition coefficient (Wildman–Crippen LogP) is 1.51. The fourth-order valence-corrected chi connectivity index (χ4v) is 2.18. The molecule has 2 heterocycles. The fourth-order valence-electron chi connectivity index (χ4n) is 2.18. The summed E-state index contributed by atoms with van der Waals surface area (Å²) in [5.41, 5.74) is 10.9. The largest absolute Gasteiger partial charge is 0.462 e. The molecule has 0 aliphatic carbocycles. The fraction of sp³-hybridized carbons (Fsp3) is 0.632. The molecule has 2 aromatic heterocycles. The summed E-state index contributed by atoms with van der Waals surface area (Å²) in [7, 11) is 0. The van der Waals surface area contributed by atoms with E-state index in [1.165, 1.54) is 6.33 Å². The van der Waals surface area contributed by atoms with Crippen LogP contribution in [0.5, 0.6) is 0 Å². The number of anilines is 2. The molecule has 0 saturated heterocycles. The van der Waals surface area contributed by atoms with Crippen LogP contribution in [0, 0.1) is 10.8 Å². The topological polar surface area (TPSA) is 157 Å². The van der Waals surface area contributed by atoms with Crippen LogP contribution in [-0.4, -0.2) is 50.8 Å². The molecule has 2 aromatic rings. The molecule has 0 radical (unpaired) electrons. The van der Waals surface area contributed by atoms with Crippen LogP contribution in [0.3, 0.4) is 0 Å². The summed E-state index contributed by atoms with van der Waals surface area (Å²) in [5, 5.41) is 0. The van der Waals surface area contributed by atoms with Crippen LogP contribution in [0.2, 0.25) is 0 Å². The number of nitrogen functional groups attached to an aromatic ring is 2. The van der Waals surface area contributed by atoms with Crippen LogP contribution < -0.4 is 11.5 Å². The van der Waals surface area contributed by atoms with E-state index in [0.29, 0.717) is 11.2 Å². The summed E-state index contributed by atoms with van der Waals surface area (Å²) in [5.74, 6) is -0.609. The highest BCUT2D eigenvalue weighted by Crippen LogP contribution is 2.19. The molecule has 0 spiro atoms. The molecule has 0 unspecified atom stereocenters. The summed E-state index contributed by atoms with van der Waals surface area (Å²) in [6, 6.07) is 0. The van der Waals surface area contributed by atoms with Gasteiger partial charge in [0.2, 0.25) is 5.95 Å². The second-order valence-corrected chi connectivity index (χ2v) is 8.97. The summed E-state index contributed by atoms with van der Waals surface area (Å²) >= 11 is 0. The van der Waals surface area contributed by atoms with Crippen molar-refractivity contribution in [3.05, 3.63) is 6.33 Å². The Balaban J connectivity index is 2.10. The van der Waals surface area contributed by atoms with Crippen molar-refractivity contribution in [1.82, 2.24) is 19.5 Å². The first-order valence-electron chi connectivity index (χ1n) is 9.49. The Hall–Kier alpha value is -2.95. The highest BCUT2D eigenvalue weighted by atomic mass is 16.6. The molecule has 11 nitrogen and oxygen atoms in total. The van der Waals surface area contributed by atoms with Gasteiger partial charge in [0.05, 0.1) is 17.2 Å². The number of ether oxygens (including phenoxy) is 3. The lowest BCUT2D eigenvalue weighted by Crippen LogP contribution is -2.34. The maximum Gasteiger partial charge on any atom is 0.311 e. The van der Waals surface area contributed by atoms with Gasteiger partial charge in [-0.3, -0.25) is 14.2 Å². The van der Waals surface area contributed by atoms with Crippen LogP contribution in [0.25, 0.3) is 11.2 Å². The second kappa shape index (κ2) is 8.82. The van der Waals surface area contributed by atoms with Crippen molar-refractivity contribution in [2.75, 3.05) is 24.7 Å². The average Bonchev–Trinajstić information content (AvgIpc) is 3.02. The molecule has 0 bridgehead atoms. The van der Waals surface area contributed by atoms with Crippen molar-refractivity contribution in [2.45, 2.75) is 54.4 Å². The highest BCUT2D eigenvalue weighted by Gasteiger charge is 2.27. The maximum absolute atomic E-state index is 12.1. The van der Waals surface area contributed by atoms with Crippen molar-refractivity contribution in [3.8, 4) is 0 Å². The van der Waals surface area contributed by atoms with Crippen molar-refractivity contribution in [2.24, 2.45) is 10.8 Å². The summed E-state index contributed by atoms with van der Waals surface area (Å²) in [6.45, 7) is 10.3. The number of nitrogens with zero attached hydrogens (tertiary/aromatic N) is 4. The summed E-state index contributed by atoms with van der Waals surface area (Å²) in [4.78, 5) is 36.4. The molecule has 0 atom stereocenters. The number of rotatable bonds is 7. The zero-order valence-corrected chi connectivity index (χ0v) is 18.3. The number of imidazole rings is 1. The van der Waals surface area contributed by atoms with Gasteiger partial charge in [-0.25, -0.2) is 4.98 Å². The molecule has 0 aromatic carbocycles. The molecule has 0 aliphatic rings. The summed E-state index contributed by atoms with van der Waals surface area (Å²) in [6.07, 6.45) is 0.783. The number of hydrogen-bond donors (Lipinski definition) is 2. The number of hydrogen-bond acceptors (Lipinski definition) is 10. The average molecular weight is 422 g/mol. The van der Waals surface area contributed by atoms with Gasteiger partial charge in [0.25, 0.3) is 0 Å². The van der Waals surface area contributed by atoms with Crippen LogP contribution in [-0.2, 0) is 30.5 Å². The standard InChI is InChI=1S/C19H30N6O5/c1-18(2,3)15(26)28-7-11(8-29-16(27)19(4,5)6)30-10-25-9-22-12-13(20)23-17(21)24-14(12)25/h9,11H,7-8,10H2,1-6H3,(H4,20,21,23,24). The van der Waals surface area contributed by atoms with Crippen molar-refractivity contribution >= 4 is 34.9 Å². The molecule has 2 rings (SSSR count). The monoisotopic (exact) mass is 422 g/mol. The lowest BCUT2D eigenvalue weighted by atomic mass is 9.97. The van der Waals surface area contributed by atoms with Crippen LogP contribution >= 0.6 is 0 Å². The van der Waals surface area contributed by atoms with Crippen molar-refractivity contribution < 1.29 is 23.8 Å². The van der Waals surface area contributed by atoms with Crippen LogP contribution in [0.4, 0.5) is 11.8 Å². The number of esters is 2. The van der Waals surface area contributed by atoms with Gasteiger partial charge in [-0.15, -0.1) is 0 Å². The Morgan fingerprint density at radius 3 is 2.03 bits per heavy atom. The zero-order chi connectivity index (χ0) is 22.7. The first-order chi connectivity index (χ1) is 13.8. The molecule has 11 heteroatoms. The lowest BCUT2D eigenvalue weighted by molar-refractivity contribution is -0.166. The quantitative estimate of drug-likeness (QED) is 0.626. The Morgan fingerprint density at radius 2 is 1.53 bits per heavy atom.